The van der Waals surface area contributed by atoms with Gasteiger partial charge in [0.25, 0.3) is 5.56 Å². The Morgan fingerprint density at radius 1 is 1.05 bits per heavy atom. The average Bonchev–Trinajstić information content (AvgIpc) is 2.48. The molecule has 4 heteroatoms. The van der Waals surface area contributed by atoms with Crippen molar-refractivity contribution in [1.82, 2.24) is 9.66 Å². The Hall–Kier alpha value is -2.75. The van der Waals surface area contributed by atoms with Gasteiger partial charge >= 0.3 is 0 Å². The minimum absolute atomic E-state index is 0.153. The van der Waals surface area contributed by atoms with Gasteiger partial charge in [0.2, 0.25) is 0 Å². The molecule has 0 radical (unpaired) electrons. The molecule has 4 nitrogen and oxygen atoms in total. The molecule has 0 N–H and O–H groups in total. The van der Waals surface area contributed by atoms with Crippen molar-refractivity contribution in [3.63, 3.8) is 0 Å². The molecular formula is C16H13N3O. The number of nitrogens with zero attached hydrogens (tertiary/aromatic N) is 3. The monoisotopic (exact) mass is 263 g/mol. The van der Waals surface area contributed by atoms with Gasteiger partial charge in [-0.05, 0) is 24.6 Å². The third kappa shape index (κ3) is 2.23. The predicted molar refractivity (Wildman–Crippen MR) is 80.2 cm³/mol. The van der Waals surface area contributed by atoms with E-state index in [1.165, 1.54) is 4.68 Å². The van der Waals surface area contributed by atoms with E-state index in [0.29, 0.717) is 16.7 Å². The Labute approximate surface area is 116 Å². The van der Waals surface area contributed by atoms with Gasteiger partial charge in [-0.2, -0.15) is 9.78 Å². The summed E-state index contributed by atoms with van der Waals surface area (Å²) in [7, 11) is 0. The number of rotatable bonds is 2. The first-order valence-electron chi connectivity index (χ1n) is 6.33. The van der Waals surface area contributed by atoms with Crippen LogP contribution in [0.5, 0.6) is 0 Å². The Bertz CT molecular complexity index is 835. The van der Waals surface area contributed by atoms with Crippen molar-refractivity contribution in [3.8, 4) is 0 Å². The molecule has 1 aromatic heterocycles. The number of fused-ring (bicyclic) bond motifs is 1. The number of aryl methyl sites for hydroxylation is 1. The standard InChI is InChI=1S/C16H13N3O/c1-12-18-15-10-6-5-9-14(15)16(20)19(12)17-11-13-7-3-2-4-8-13/h2-11H,1H3/b17-11-. The SMILES string of the molecule is Cc1nc2ccccc2c(=O)n1/N=C\c1ccccc1. The summed E-state index contributed by atoms with van der Waals surface area (Å²) in [5.41, 5.74) is 1.48. The normalized spacial score (nSPS) is 11.2. The molecule has 0 atom stereocenters. The Balaban J connectivity index is 2.13. The van der Waals surface area contributed by atoms with Gasteiger partial charge in [0, 0.05) is 0 Å². The quantitative estimate of drug-likeness (QED) is 0.667. The third-order valence-corrected chi connectivity index (χ3v) is 3.04. The lowest BCUT2D eigenvalue weighted by Gasteiger charge is -2.04. The lowest BCUT2D eigenvalue weighted by Crippen LogP contribution is -2.20. The number of benzene rings is 2. The van der Waals surface area contributed by atoms with Crippen LogP contribution in [0.3, 0.4) is 0 Å². The number of hydrogen-bond donors (Lipinski definition) is 0. The van der Waals surface area contributed by atoms with Crippen molar-refractivity contribution in [2.45, 2.75) is 6.92 Å². The molecule has 0 aliphatic rings. The zero-order valence-corrected chi connectivity index (χ0v) is 11.0. The van der Waals surface area contributed by atoms with E-state index < -0.39 is 0 Å². The maximum Gasteiger partial charge on any atom is 0.282 e. The van der Waals surface area contributed by atoms with E-state index in [0.717, 1.165) is 5.56 Å². The lowest BCUT2D eigenvalue weighted by molar-refractivity contribution is 0.771. The first-order chi connectivity index (χ1) is 9.75. The average molecular weight is 263 g/mol. The summed E-state index contributed by atoms with van der Waals surface area (Å²) < 4.78 is 1.33. The van der Waals surface area contributed by atoms with Crippen LogP contribution in [0.4, 0.5) is 0 Å². The molecule has 0 aliphatic carbocycles. The Kier molecular flexibility index (Phi) is 3.13. The highest BCUT2D eigenvalue weighted by Gasteiger charge is 2.05. The molecule has 0 spiro atoms. The summed E-state index contributed by atoms with van der Waals surface area (Å²) in [5.74, 6) is 0.570. The predicted octanol–water partition coefficient (Wildman–Crippen LogP) is 2.59. The van der Waals surface area contributed by atoms with Crippen LogP contribution in [-0.4, -0.2) is 15.9 Å². The van der Waals surface area contributed by atoms with Gasteiger partial charge in [-0.15, -0.1) is 0 Å². The zero-order chi connectivity index (χ0) is 13.9. The van der Waals surface area contributed by atoms with Crippen molar-refractivity contribution < 1.29 is 0 Å². The van der Waals surface area contributed by atoms with Gasteiger partial charge in [0.05, 0.1) is 17.1 Å². The molecule has 0 bridgehead atoms. The van der Waals surface area contributed by atoms with E-state index in [-0.39, 0.29) is 5.56 Å². The van der Waals surface area contributed by atoms with Gasteiger partial charge in [-0.25, -0.2) is 4.98 Å². The van der Waals surface area contributed by atoms with Crippen molar-refractivity contribution in [2.75, 3.05) is 0 Å². The van der Waals surface area contributed by atoms with Crippen molar-refractivity contribution >= 4 is 17.1 Å². The van der Waals surface area contributed by atoms with Crippen molar-refractivity contribution in [3.05, 3.63) is 76.3 Å². The first kappa shape index (κ1) is 12.3. The van der Waals surface area contributed by atoms with E-state index in [1.54, 1.807) is 19.2 Å². The van der Waals surface area contributed by atoms with E-state index in [4.69, 9.17) is 0 Å². The smallest absolute Gasteiger partial charge is 0.267 e. The van der Waals surface area contributed by atoms with Gasteiger partial charge in [0.1, 0.15) is 5.82 Å². The zero-order valence-electron chi connectivity index (χ0n) is 11.0. The lowest BCUT2D eigenvalue weighted by atomic mass is 10.2. The molecular weight excluding hydrogens is 250 g/mol. The van der Waals surface area contributed by atoms with Crippen LogP contribution in [-0.2, 0) is 0 Å². The maximum absolute atomic E-state index is 12.4. The summed E-state index contributed by atoms with van der Waals surface area (Å²) in [5, 5.41) is 4.81. The molecule has 0 saturated carbocycles. The highest BCUT2D eigenvalue weighted by Crippen LogP contribution is 2.07. The molecule has 3 aromatic rings. The highest BCUT2D eigenvalue weighted by molar-refractivity contribution is 5.80. The Morgan fingerprint density at radius 2 is 1.75 bits per heavy atom. The topological polar surface area (TPSA) is 47.2 Å². The fourth-order valence-electron chi connectivity index (χ4n) is 2.03. The summed E-state index contributed by atoms with van der Waals surface area (Å²) in [4.78, 5) is 16.8. The van der Waals surface area contributed by atoms with Gasteiger partial charge in [-0.1, -0.05) is 42.5 Å². The molecule has 3 rings (SSSR count). The summed E-state index contributed by atoms with van der Waals surface area (Å²) in [6.07, 6.45) is 1.66. The molecule has 0 fully saturated rings. The van der Waals surface area contributed by atoms with Gasteiger partial charge in [0.15, 0.2) is 0 Å². The second kappa shape index (κ2) is 5.09. The van der Waals surface area contributed by atoms with Gasteiger partial charge < -0.3 is 0 Å². The molecule has 0 saturated heterocycles. The van der Waals surface area contributed by atoms with Crippen LogP contribution < -0.4 is 5.56 Å². The largest absolute Gasteiger partial charge is 0.282 e. The van der Waals surface area contributed by atoms with Crippen LogP contribution >= 0.6 is 0 Å². The fraction of sp³-hybridized carbons (Fsp3) is 0.0625. The number of para-hydroxylation sites is 1. The highest BCUT2D eigenvalue weighted by atomic mass is 16.1. The molecule has 0 unspecified atom stereocenters. The fourth-order valence-corrected chi connectivity index (χ4v) is 2.03. The second-order valence-corrected chi connectivity index (χ2v) is 4.45. The number of aromatic nitrogens is 2. The van der Waals surface area contributed by atoms with Crippen molar-refractivity contribution in [1.29, 1.82) is 0 Å². The molecule has 2 aromatic carbocycles. The van der Waals surface area contributed by atoms with E-state index in [1.807, 2.05) is 48.5 Å². The Morgan fingerprint density at radius 3 is 2.55 bits per heavy atom. The van der Waals surface area contributed by atoms with E-state index in [9.17, 15) is 4.79 Å². The van der Waals surface area contributed by atoms with E-state index in [2.05, 4.69) is 10.1 Å². The van der Waals surface area contributed by atoms with E-state index >= 15 is 0 Å². The van der Waals surface area contributed by atoms with Crippen LogP contribution in [0.25, 0.3) is 10.9 Å². The van der Waals surface area contributed by atoms with Crippen LogP contribution in [0, 0.1) is 6.92 Å². The van der Waals surface area contributed by atoms with Crippen molar-refractivity contribution in [2.24, 2.45) is 5.10 Å². The molecule has 98 valence electrons. The summed E-state index contributed by atoms with van der Waals surface area (Å²) in [6.45, 7) is 1.77. The third-order valence-electron chi connectivity index (χ3n) is 3.04. The maximum atomic E-state index is 12.4. The van der Waals surface area contributed by atoms with Crippen LogP contribution in [0.1, 0.15) is 11.4 Å². The summed E-state index contributed by atoms with van der Waals surface area (Å²) >= 11 is 0. The minimum atomic E-state index is -0.153. The molecule has 1 heterocycles. The van der Waals surface area contributed by atoms with Crippen LogP contribution in [0.15, 0.2) is 64.5 Å². The summed E-state index contributed by atoms with van der Waals surface area (Å²) in [6, 6.07) is 16.9. The van der Waals surface area contributed by atoms with Crippen LogP contribution in [0.2, 0.25) is 0 Å². The molecule has 0 aliphatic heterocycles. The van der Waals surface area contributed by atoms with Gasteiger partial charge in [-0.3, -0.25) is 4.79 Å². The number of hydrogen-bond acceptors (Lipinski definition) is 3. The molecule has 20 heavy (non-hydrogen) atoms. The minimum Gasteiger partial charge on any atom is -0.267 e. The first-order valence-corrected chi connectivity index (χ1v) is 6.33. The second-order valence-electron chi connectivity index (χ2n) is 4.45. The molecule has 0 amide bonds.